The molecule has 26 heavy (non-hydrogen) atoms. The molecule has 1 fully saturated rings. The van der Waals surface area contributed by atoms with E-state index in [0.29, 0.717) is 12.3 Å². The number of halogens is 1. The predicted molar refractivity (Wildman–Crippen MR) is 105 cm³/mol. The van der Waals surface area contributed by atoms with Crippen LogP contribution in [0, 0.1) is 5.92 Å². The molecule has 1 amide bonds. The Labute approximate surface area is 161 Å². The summed E-state index contributed by atoms with van der Waals surface area (Å²) in [5.74, 6) is 1.79. The molecule has 1 aliphatic rings. The van der Waals surface area contributed by atoms with Crippen molar-refractivity contribution in [3.8, 4) is 11.3 Å². The molecule has 1 aromatic carbocycles. The van der Waals surface area contributed by atoms with Gasteiger partial charge < -0.3 is 14.7 Å². The van der Waals surface area contributed by atoms with Gasteiger partial charge in [0.15, 0.2) is 0 Å². The van der Waals surface area contributed by atoms with Crippen molar-refractivity contribution in [3.05, 3.63) is 42.2 Å². The Morgan fingerprint density at radius 2 is 2.15 bits per heavy atom. The first-order valence-corrected chi connectivity index (χ1v) is 9.18. The summed E-state index contributed by atoms with van der Waals surface area (Å²) in [5, 5.41) is 7.48. The van der Waals surface area contributed by atoms with Gasteiger partial charge in [-0.05, 0) is 38.3 Å². The summed E-state index contributed by atoms with van der Waals surface area (Å²) < 4.78 is 5.42. The molecular weight excluding hydrogens is 350 g/mol. The number of carbonyl (C=O) groups excluding carboxylic acids is 1. The van der Waals surface area contributed by atoms with E-state index in [4.69, 9.17) is 4.52 Å². The monoisotopic (exact) mass is 377 g/mol. The van der Waals surface area contributed by atoms with E-state index in [1.807, 2.05) is 48.3 Å². The summed E-state index contributed by atoms with van der Waals surface area (Å²) in [7, 11) is 1.89. The number of hydrogen-bond acceptors (Lipinski definition) is 4. The lowest BCUT2D eigenvalue weighted by Crippen LogP contribution is -2.28. The van der Waals surface area contributed by atoms with Gasteiger partial charge in [0.25, 0.3) is 0 Å². The topological polar surface area (TPSA) is 58.4 Å². The number of amides is 1. The smallest absolute Gasteiger partial charge is 0.222 e. The summed E-state index contributed by atoms with van der Waals surface area (Å²) in [6.07, 6.45) is 4.54. The Bertz CT molecular complexity index is 669. The second-order valence-electron chi connectivity index (χ2n) is 6.86. The number of aromatic nitrogens is 1. The van der Waals surface area contributed by atoms with Gasteiger partial charge in [-0.3, -0.25) is 4.79 Å². The summed E-state index contributed by atoms with van der Waals surface area (Å²) in [5.41, 5.74) is 1.93. The van der Waals surface area contributed by atoms with Crippen LogP contribution in [0.1, 0.15) is 31.4 Å². The summed E-state index contributed by atoms with van der Waals surface area (Å²) >= 11 is 0. The zero-order valence-electron chi connectivity index (χ0n) is 15.3. The average molecular weight is 378 g/mol. The number of carbonyl (C=O) groups is 1. The largest absolute Gasteiger partial charge is 0.361 e. The summed E-state index contributed by atoms with van der Waals surface area (Å²) in [6, 6.07) is 12.0. The molecule has 2 heterocycles. The molecule has 142 valence electrons. The number of nitrogens with zero attached hydrogens (tertiary/aromatic N) is 2. The van der Waals surface area contributed by atoms with Crippen LogP contribution in [0.25, 0.3) is 11.3 Å². The Balaban J connectivity index is 0.00000243. The van der Waals surface area contributed by atoms with Gasteiger partial charge in [-0.2, -0.15) is 0 Å². The fraction of sp³-hybridized carbons (Fsp3) is 0.500. The SMILES string of the molecule is CN(CCCc1cc(-c2ccccc2)no1)C(=O)CCC1CCNC1.Cl. The highest BCUT2D eigenvalue weighted by atomic mass is 35.5. The van der Waals surface area contributed by atoms with Gasteiger partial charge in [-0.15, -0.1) is 12.4 Å². The molecule has 3 rings (SSSR count). The third-order valence-corrected chi connectivity index (χ3v) is 4.90. The lowest BCUT2D eigenvalue weighted by atomic mass is 10.0. The van der Waals surface area contributed by atoms with Crippen LogP contribution in [-0.4, -0.2) is 42.6 Å². The molecule has 5 nitrogen and oxygen atoms in total. The fourth-order valence-electron chi connectivity index (χ4n) is 3.27. The quantitative estimate of drug-likeness (QED) is 0.764. The molecule has 0 spiro atoms. The zero-order chi connectivity index (χ0) is 17.5. The van der Waals surface area contributed by atoms with Gasteiger partial charge in [0.2, 0.25) is 5.91 Å². The zero-order valence-corrected chi connectivity index (χ0v) is 16.1. The molecule has 1 unspecified atom stereocenters. The van der Waals surface area contributed by atoms with Crippen LogP contribution in [0.2, 0.25) is 0 Å². The molecule has 2 aromatic rings. The molecule has 0 radical (unpaired) electrons. The van der Waals surface area contributed by atoms with Crippen LogP contribution in [0.5, 0.6) is 0 Å². The second kappa shape index (κ2) is 10.3. The van der Waals surface area contributed by atoms with E-state index in [1.165, 1.54) is 6.42 Å². The van der Waals surface area contributed by atoms with Gasteiger partial charge >= 0.3 is 0 Å². The van der Waals surface area contributed by atoms with Crippen molar-refractivity contribution in [1.82, 2.24) is 15.4 Å². The van der Waals surface area contributed by atoms with E-state index in [2.05, 4.69) is 10.5 Å². The number of aryl methyl sites for hydroxylation is 1. The molecular formula is C20H28ClN3O2. The van der Waals surface area contributed by atoms with E-state index >= 15 is 0 Å². The fourth-order valence-corrected chi connectivity index (χ4v) is 3.27. The highest BCUT2D eigenvalue weighted by Gasteiger charge is 2.17. The van der Waals surface area contributed by atoms with Crippen molar-refractivity contribution >= 4 is 18.3 Å². The van der Waals surface area contributed by atoms with Gasteiger partial charge in [0.1, 0.15) is 11.5 Å². The molecule has 0 aliphatic carbocycles. The molecule has 1 atom stereocenters. The first kappa shape index (κ1) is 20.5. The first-order valence-electron chi connectivity index (χ1n) is 9.18. The van der Waals surface area contributed by atoms with Crippen LogP contribution in [-0.2, 0) is 11.2 Å². The number of hydrogen-bond donors (Lipinski definition) is 1. The van der Waals surface area contributed by atoms with Gasteiger partial charge in [0.05, 0.1) is 0 Å². The minimum Gasteiger partial charge on any atom is -0.361 e. The second-order valence-corrected chi connectivity index (χ2v) is 6.86. The molecule has 1 aromatic heterocycles. The third kappa shape index (κ3) is 5.85. The lowest BCUT2D eigenvalue weighted by Gasteiger charge is -2.17. The average Bonchev–Trinajstić information content (AvgIpc) is 3.32. The van der Waals surface area contributed by atoms with E-state index < -0.39 is 0 Å². The number of rotatable bonds is 8. The van der Waals surface area contributed by atoms with Crippen molar-refractivity contribution in [1.29, 1.82) is 0 Å². The molecule has 0 saturated carbocycles. The maximum atomic E-state index is 12.2. The summed E-state index contributed by atoms with van der Waals surface area (Å²) in [6.45, 7) is 2.91. The maximum Gasteiger partial charge on any atom is 0.222 e. The van der Waals surface area contributed by atoms with Crippen LogP contribution in [0.3, 0.4) is 0 Å². The Morgan fingerprint density at radius 3 is 2.88 bits per heavy atom. The van der Waals surface area contributed by atoms with Crippen LogP contribution in [0.4, 0.5) is 0 Å². The Morgan fingerprint density at radius 1 is 1.35 bits per heavy atom. The van der Waals surface area contributed by atoms with Crippen molar-refractivity contribution in [2.75, 3.05) is 26.7 Å². The Kier molecular flexibility index (Phi) is 8.13. The molecule has 6 heteroatoms. The minimum absolute atomic E-state index is 0. The van der Waals surface area contributed by atoms with Crippen LogP contribution >= 0.6 is 12.4 Å². The lowest BCUT2D eigenvalue weighted by molar-refractivity contribution is -0.130. The molecule has 0 bridgehead atoms. The Hall–Kier alpha value is -1.85. The molecule has 1 saturated heterocycles. The first-order chi connectivity index (χ1) is 12.2. The highest BCUT2D eigenvalue weighted by molar-refractivity contribution is 5.85. The van der Waals surface area contributed by atoms with E-state index in [9.17, 15) is 4.79 Å². The van der Waals surface area contributed by atoms with Crippen LogP contribution < -0.4 is 5.32 Å². The predicted octanol–water partition coefficient (Wildman–Crippen LogP) is 3.54. The molecule has 1 N–H and O–H groups in total. The van der Waals surface area contributed by atoms with Crippen LogP contribution in [0.15, 0.2) is 40.9 Å². The number of nitrogens with one attached hydrogen (secondary N) is 1. The maximum absolute atomic E-state index is 12.2. The standard InChI is InChI=1S/C20H27N3O2.ClH/c1-23(20(24)10-9-16-11-12-21-15-16)13-5-8-18-14-19(22-25-18)17-6-3-2-4-7-17;/h2-4,6-7,14,16,21H,5,8-13,15H2,1H3;1H. The van der Waals surface area contributed by atoms with Crippen molar-refractivity contribution < 1.29 is 9.32 Å². The van der Waals surface area contributed by atoms with E-state index in [-0.39, 0.29) is 18.3 Å². The molecule has 1 aliphatic heterocycles. The summed E-state index contributed by atoms with van der Waals surface area (Å²) in [4.78, 5) is 14.0. The van der Waals surface area contributed by atoms with E-state index in [0.717, 1.165) is 55.9 Å². The van der Waals surface area contributed by atoms with Gasteiger partial charge in [-0.1, -0.05) is 35.5 Å². The third-order valence-electron chi connectivity index (χ3n) is 4.90. The van der Waals surface area contributed by atoms with Gasteiger partial charge in [-0.25, -0.2) is 0 Å². The van der Waals surface area contributed by atoms with Crippen molar-refractivity contribution in [2.24, 2.45) is 5.92 Å². The highest BCUT2D eigenvalue weighted by Crippen LogP contribution is 2.19. The van der Waals surface area contributed by atoms with E-state index in [1.54, 1.807) is 0 Å². The van der Waals surface area contributed by atoms with Gasteiger partial charge in [0, 0.05) is 38.1 Å². The van der Waals surface area contributed by atoms with Crippen molar-refractivity contribution in [2.45, 2.75) is 32.1 Å². The minimum atomic E-state index is 0. The normalized spacial score (nSPS) is 16.3. The van der Waals surface area contributed by atoms with Crippen molar-refractivity contribution in [3.63, 3.8) is 0 Å². The number of benzene rings is 1.